The van der Waals surface area contributed by atoms with E-state index in [1.54, 1.807) is 33.3 Å². The van der Waals surface area contributed by atoms with Gasteiger partial charge in [0, 0.05) is 5.56 Å². The first-order chi connectivity index (χ1) is 12.6. The van der Waals surface area contributed by atoms with Gasteiger partial charge in [0.25, 0.3) is 0 Å². The molecule has 1 heterocycles. The quantitative estimate of drug-likeness (QED) is 0.729. The highest BCUT2D eigenvalue weighted by Gasteiger charge is 2.16. The summed E-state index contributed by atoms with van der Waals surface area (Å²) in [6.45, 7) is 1.80. The van der Waals surface area contributed by atoms with Gasteiger partial charge in [0.2, 0.25) is 11.8 Å². The Kier molecular flexibility index (Phi) is 5.22. The lowest BCUT2D eigenvalue weighted by atomic mass is 10.2. The minimum Gasteiger partial charge on any atom is -0.497 e. The summed E-state index contributed by atoms with van der Waals surface area (Å²) >= 11 is 0. The zero-order valence-corrected chi connectivity index (χ0v) is 14.9. The van der Waals surface area contributed by atoms with Crippen molar-refractivity contribution in [1.82, 2.24) is 4.98 Å². The van der Waals surface area contributed by atoms with Gasteiger partial charge in [-0.2, -0.15) is 0 Å². The Bertz CT molecular complexity index is 900. The number of methoxy groups -OCH3 is 2. The molecule has 0 radical (unpaired) electrons. The normalized spacial score (nSPS) is 10.4. The van der Waals surface area contributed by atoms with Gasteiger partial charge in [0.15, 0.2) is 0 Å². The number of aromatic nitrogens is 1. The molecule has 26 heavy (non-hydrogen) atoms. The number of oxazole rings is 1. The van der Waals surface area contributed by atoms with E-state index in [0.717, 1.165) is 11.3 Å². The number of hydrogen-bond donors (Lipinski definition) is 1. The number of aryl methyl sites for hydroxylation is 1. The van der Waals surface area contributed by atoms with Gasteiger partial charge in [-0.25, -0.2) is 4.98 Å². The van der Waals surface area contributed by atoms with Crippen LogP contribution in [0.25, 0.3) is 11.5 Å². The van der Waals surface area contributed by atoms with Crippen LogP contribution in [0.5, 0.6) is 11.5 Å². The average Bonchev–Trinajstić information content (AvgIpc) is 3.02. The molecule has 0 spiro atoms. The van der Waals surface area contributed by atoms with Gasteiger partial charge in [-0.15, -0.1) is 0 Å². The lowest BCUT2D eigenvalue weighted by Crippen LogP contribution is -2.15. The van der Waals surface area contributed by atoms with Crippen LogP contribution in [0.4, 0.5) is 5.69 Å². The predicted octanol–water partition coefficient (Wildman–Crippen LogP) is 3.85. The Morgan fingerprint density at radius 2 is 1.81 bits per heavy atom. The average molecular weight is 352 g/mol. The van der Waals surface area contributed by atoms with E-state index >= 15 is 0 Å². The molecular formula is C20H20N2O4. The Morgan fingerprint density at radius 1 is 1.08 bits per heavy atom. The number of rotatable bonds is 6. The van der Waals surface area contributed by atoms with E-state index in [1.807, 2.05) is 36.4 Å². The predicted molar refractivity (Wildman–Crippen MR) is 98.6 cm³/mol. The van der Waals surface area contributed by atoms with Gasteiger partial charge in [-0.3, -0.25) is 4.79 Å². The first-order valence-corrected chi connectivity index (χ1v) is 8.14. The maximum absolute atomic E-state index is 12.4. The van der Waals surface area contributed by atoms with Crippen LogP contribution in [-0.2, 0) is 11.2 Å². The first-order valence-electron chi connectivity index (χ1n) is 8.14. The molecule has 0 aliphatic rings. The highest BCUT2D eigenvalue weighted by molar-refractivity contribution is 5.93. The number of anilines is 1. The van der Waals surface area contributed by atoms with Gasteiger partial charge in [-0.05, 0) is 43.3 Å². The Labute approximate surface area is 151 Å². The molecule has 0 aliphatic carbocycles. The van der Waals surface area contributed by atoms with E-state index in [9.17, 15) is 4.79 Å². The van der Waals surface area contributed by atoms with E-state index in [0.29, 0.717) is 28.8 Å². The van der Waals surface area contributed by atoms with Crippen molar-refractivity contribution in [3.63, 3.8) is 0 Å². The highest BCUT2D eigenvalue weighted by atomic mass is 16.5. The molecule has 2 aromatic carbocycles. The van der Waals surface area contributed by atoms with Gasteiger partial charge in [0.05, 0.1) is 32.0 Å². The number of nitrogens with one attached hydrogen (secondary N) is 1. The monoisotopic (exact) mass is 352 g/mol. The first kappa shape index (κ1) is 17.5. The molecule has 0 aliphatic heterocycles. The third-order valence-electron chi connectivity index (χ3n) is 3.94. The number of amides is 1. The zero-order chi connectivity index (χ0) is 18.5. The summed E-state index contributed by atoms with van der Waals surface area (Å²) in [6.07, 6.45) is 0.115. The fourth-order valence-corrected chi connectivity index (χ4v) is 2.54. The summed E-state index contributed by atoms with van der Waals surface area (Å²) in [5.41, 5.74) is 2.05. The van der Waals surface area contributed by atoms with Crippen molar-refractivity contribution in [2.45, 2.75) is 13.3 Å². The summed E-state index contributed by atoms with van der Waals surface area (Å²) in [6, 6.07) is 14.7. The molecular weight excluding hydrogens is 332 g/mol. The molecule has 0 atom stereocenters. The fraction of sp³-hybridized carbons (Fsp3) is 0.200. The van der Waals surface area contributed by atoms with Crippen LogP contribution in [0.2, 0.25) is 0 Å². The van der Waals surface area contributed by atoms with Crippen LogP contribution in [0.15, 0.2) is 52.9 Å². The van der Waals surface area contributed by atoms with Gasteiger partial charge >= 0.3 is 0 Å². The van der Waals surface area contributed by atoms with Crippen molar-refractivity contribution in [2.75, 3.05) is 19.5 Å². The number of carbonyl (C=O) groups is 1. The van der Waals surface area contributed by atoms with Crippen LogP contribution >= 0.6 is 0 Å². The smallest absolute Gasteiger partial charge is 0.230 e. The number of carbonyl (C=O) groups excluding carboxylic acids is 1. The van der Waals surface area contributed by atoms with E-state index in [2.05, 4.69) is 10.3 Å². The SMILES string of the molecule is COc1ccc(-c2nc(CC(=O)Nc3ccccc3OC)c(C)o2)cc1. The maximum atomic E-state index is 12.4. The molecule has 1 amide bonds. The molecule has 3 rings (SSSR count). The zero-order valence-electron chi connectivity index (χ0n) is 14.9. The molecule has 134 valence electrons. The summed E-state index contributed by atoms with van der Waals surface area (Å²) in [5, 5.41) is 2.84. The number of hydrogen-bond acceptors (Lipinski definition) is 5. The molecule has 6 nitrogen and oxygen atoms in total. The molecule has 0 fully saturated rings. The van der Waals surface area contributed by atoms with Gasteiger partial charge < -0.3 is 19.2 Å². The van der Waals surface area contributed by atoms with E-state index in [1.165, 1.54) is 0 Å². The third-order valence-corrected chi connectivity index (χ3v) is 3.94. The largest absolute Gasteiger partial charge is 0.497 e. The summed E-state index contributed by atoms with van der Waals surface area (Å²) < 4.78 is 16.1. The lowest BCUT2D eigenvalue weighted by Gasteiger charge is -2.09. The Morgan fingerprint density at radius 3 is 2.50 bits per heavy atom. The minimum atomic E-state index is -0.188. The second kappa shape index (κ2) is 7.74. The second-order valence-corrected chi connectivity index (χ2v) is 5.68. The molecule has 0 unspecified atom stereocenters. The van der Waals surface area contributed by atoms with Crippen molar-refractivity contribution in [1.29, 1.82) is 0 Å². The minimum absolute atomic E-state index is 0.115. The molecule has 1 N–H and O–H groups in total. The Balaban J connectivity index is 1.73. The number of benzene rings is 2. The third kappa shape index (κ3) is 3.85. The molecule has 3 aromatic rings. The van der Waals surface area contributed by atoms with Crippen molar-refractivity contribution < 1.29 is 18.7 Å². The van der Waals surface area contributed by atoms with Gasteiger partial charge in [-0.1, -0.05) is 12.1 Å². The van der Waals surface area contributed by atoms with E-state index in [-0.39, 0.29) is 12.3 Å². The van der Waals surface area contributed by atoms with Crippen molar-refractivity contribution >= 4 is 11.6 Å². The maximum Gasteiger partial charge on any atom is 0.230 e. The summed E-state index contributed by atoms with van der Waals surface area (Å²) in [5.74, 6) is 2.27. The molecule has 0 bridgehead atoms. The number of nitrogens with zero attached hydrogens (tertiary/aromatic N) is 1. The summed E-state index contributed by atoms with van der Waals surface area (Å²) in [4.78, 5) is 16.8. The van der Waals surface area contributed by atoms with Crippen molar-refractivity contribution in [2.24, 2.45) is 0 Å². The van der Waals surface area contributed by atoms with Crippen LogP contribution in [-0.4, -0.2) is 25.1 Å². The van der Waals surface area contributed by atoms with Crippen LogP contribution < -0.4 is 14.8 Å². The fourth-order valence-electron chi connectivity index (χ4n) is 2.54. The molecule has 0 saturated heterocycles. The van der Waals surface area contributed by atoms with Crippen LogP contribution in [0.3, 0.4) is 0 Å². The highest BCUT2D eigenvalue weighted by Crippen LogP contribution is 2.26. The second-order valence-electron chi connectivity index (χ2n) is 5.68. The van der Waals surface area contributed by atoms with E-state index < -0.39 is 0 Å². The molecule has 1 aromatic heterocycles. The summed E-state index contributed by atoms with van der Waals surface area (Å²) in [7, 11) is 3.18. The van der Waals surface area contributed by atoms with Crippen molar-refractivity contribution in [3.05, 3.63) is 60.0 Å². The van der Waals surface area contributed by atoms with Gasteiger partial charge in [0.1, 0.15) is 17.3 Å². The van der Waals surface area contributed by atoms with Crippen LogP contribution in [0, 0.1) is 6.92 Å². The topological polar surface area (TPSA) is 73.6 Å². The lowest BCUT2D eigenvalue weighted by molar-refractivity contribution is -0.115. The number of para-hydroxylation sites is 2. The van der Waals surface area contributed by atoms with Crippen molar-refractivity contribution in [3.8, 4) is 23.0 Å². The Hall–Kier alpha value is -3.28. The van der Waals surface area contributed by atoms with E-state index in [4.69, 9.17) is 13.9 Å². The number of ether oxygens (including phenoxy) is 2. The molecule has 6 heteroatoms. The van der Waals surface area contributed by atoms with Crippen LogP contribution in [0.1, 0.15) is 11.5 Å². The standard InChI is InChI=1S/C20H20N2O4/c1-13-17(12-19(23)21-16-6-4-5-7-18(16)25-3)22-20(26-13)14-8-10-15(24-2)11-9-14/h4-11H,12H2,1-3H3,(H,21,23). The molecule has 0 saturated carbocycles.